The molecular weight excluding hydrogens is 482 g/mol. The third kappa shape index (κ3) is 5.80. The molecule has 3 aromatic rings. The summed E-state index contributed by atoms with van der Waals surface area (Å²) in [6.07, 6.45) is 6.63. The van der Waals surface area contributed by atoms with E-state index in [0.29, 0.717) is 65.0 Å². The van der Waals surface area contributed by atoms with Crippen molar-refractivity contribution in [3.63, 3.8) is 0 Å². The Morgan fingerprint density at radius 2 is 2.03 bits per heavy atom. The van der Waals surface area contributed by atoms with E-state index in [-0.39, 0.29) is 12.1 Å². The van der Waals surface area contributed by atoms with Crippen LogP contribution in [0.5, 0.6) is 0 Å². The number of nitriles is 1. The minimum atomic E-state index is -0.531. The quantitative estimate of drug-likeness (QED) is 0.501. The SMILES string of the molecule is CC(C)(C)OC(=O)N1CCC(Nc2ncc(C#N)c(-c3cnn(-c4ccc(C=O)cc4Cl)c3)n2)CC1. The molecule has 0 radical (unpaired) electrons. The molecular formula is C25H26ClN7O3. The summed E-state index contributed by atoms with van der Waals surface area (Å²) in [7, 11) is 0. The van der Waals surface area contributed by atoms with E-state index in [1.54, 1.807) is 40.2 Å². The Labute approximate surface area is 213 Å². The highest BCUT2D eigenvalue weighted by molar-refractivity contribution is 6.32. The highest BCUT2D eigenvalue weighted by Gasteiger charge is 2.27. The summed E-state index contributed by atoms with van der Waals surface area (Å²) >= 11 is 6.31. The maximum absolute atomic E-state index is 12.3. The van der Waals surface area contributed by atoms with Crippen LogP contribution in [-0.4, -0.2) is 61.8 Å². The van der Waals surface area contributed by atoms with Gasteiger partial charge in [0.2, 0.25) is 5.95 Å². The van der Waals surface area contributed by atoms with Crippen LogP contribution < -0.4 is 5.32 Å². The maximum atomic E-state index is 12.3. The predicted molar refractivity (Wildman–Crippen MR) is 134 cm³/mol. The van der Waals surface area contributed by atoms with Crippen LogP contribution in [0.3, 0.4) is 0 Å². The molecule has 11 heteroatoms. The molecule has 1 amide bonds. The maximum Gasteiger partial charge on any atom is 0.410 e. The summed E-state index contributed by atoms with van der Waals surface area (Å²) in [6.45, 7) is 6.67. The molecule has 3 heterocycles. The molecule has 0 atom stereocenters. The van der Waals surface area contributed by atoms with Crippen molar-refractivity contribution in [2.45, 2.75) is 45.3 Å². The van der Waals surface area contributed by atoms with Crippen LogP contribution in [0.2, 0.25) is 5.02 Å². The monoisotopic (exact) mass is 507 g/mol. The van der Waals surface area contributed by atoms with Crippen LogP contribution in [-0.2, 0) is 4.74 Å². The molecule has 0 aliphatic carbocycles. The zero-order valence-corrected chi connectivity index (χ0v) is 21.0. The molecule has 1 fully saturated rings. The molecule has 0 unspecified atom stereocenters. The number of hydrogen-bond donors (Lipinski definition) is 1. The van der Waals surface area contributed by atoms with E-state index >= 15 is 0 Å². The normalized spacial score (nSPS) is 14.2. The number of benzene rings is 1. The largest absolute Gasteiger partial charge is 0.444 e. The minimum absolute atomic E-state index is 0.0716. The van der Waals surface area contributed by atoms with E-state index in [4.69, 9.17) is 16.3 Å². The molecule has 0 spiro atoms. The average Bonchev–Trinajstić information content (AvgIpc) is 3.33. The van der Waals surface area contributed by atoms with Crippen molar-refractivity contribution in [1.82, 2.24) is 24.6 Å². The fraction of sp³-hybridized carbons (Fsp3) is 0.360. The molecule has 10 nitrogen and oxygen atoms in total. The second kappa shape index (κ2) is 10.3. The number of rotatable bonds is 5. The predicted octanol–water partition coefficient (Wildman–Crippen LogP) is 4.48. The summed E-state index contributed by atoms with van der Waals surface area (Å²) in [5, 5.41) is 17.6. The molecule has 1 aromatic carbocycles. The van der Waals surface area contributed by atoms with Crippen molar-refractivity contribution in [2.24, 2.45) is 0 Å². The van der Waals surface area contributed by atoms with Crippen molar-refractivity contribution in [3.8, 4) is 23.0 Å². The van der Waals surface area contributed by atoms with Gasteiger partial charge in [0.1, 0.15) is 18.0 Å². The number of ether oxygens (including phenoxy) is 1. The van der Waals surface area contributed by atoms with Crippen LogP contribution in [0.1, 0.15) is 49.5 Å². The van der Waals surface area contributed by atoms with Crippen molar-refractivity contribution in [2.75, 3.05) is 18.4 Å². The van der Waals surface area contributed by atoms with Gasteiger partial charge in [-0.3, -0.25) is 4.79 Å². The number of carbonyl (C=O) groups is 2. The van der Waals surface area contributed by atoms with Gasteiger partial charge in [0.25, 0.3) is 0 Å². The zero-order chi connectivity index (χ0) is 25.9. The molecule has 1 aliphatic heterocycles. The van der Waals surface area contributed by atoms with Gasteiger partial charge in [0.15, 0.2) is 0 Å². The highest BCUT2D eigenvalue weighted by atomic mass is 35.5. The number of amides is 1. The smallest absolute Gasteiger partial charge is 0.410 e. The van der Waals surface area contributed by atoms with Gasteiger partial charge in [0.05, 0.1) is 34.4 Å². The van der Waals surface area contributed by atoms with Gasteiger partial charge in [-0.15, -0.1) is 0 Å². The Balaban J connectivity index is 1.48. The Hall–Kier alpha value is -3.97. The molecule has 1 saturated heterocycles. The number of aromatic nitrogens is 4. The summed E-state index contributed by atoms with van der Waals surface area (Å²) in [5.41, 5.74) is 1.89. The first-order chi connectivity index (χ1) is 17.2. The van der Waals surface area contributed by atoms with E-state index in [0.717, 1.165) is 6.29 Å². The van der Waals surface area contributed by atoms with E-state index in [2.05, 4.69) is 26.5 Å². The lowest BCUT2D eigenvalue weighted by molar-refractivity contribution is 0.0210. The van der Waals surface area contributed by atoms with E-state index in [9.17, 15) is 14.9 Å². The summed E-state index contributed by atoms with van der Waals surface area (Å²) in [4.78, 5) is 33.9. The highest BCUT2D eigenvalue weighted by Crippen LogP contribution is 2.26. The molecule has 1 N–H and O–H groups in total. The van der Waals surface area contributed by atoms with E-state index in [1.165, 1.54) is 6.20 Å². The number of aldehydes is 1. The van der Waals surface area contributed by atoms with Gasteiger partial charge in [-0.2, -0.15) is 10.4 Å². The van der Waals surface area contributed by atoms with Crippen molar-refractivity contribution < 1.29 is 14.3 Å². The summed E-state index contributed by atoms with van der Waals surface area (Å²) < 4.78 is 7.02. The lowest BCUT2D eigenvalue weighted by atomic mass is 10.1. The fourth-order valence-corrected chi connectivity index (χ4v) is 4.10. The number of piperidine rings is 1. The third-order valence-corrected chi connectivity index (χ3v) is 5.90. The lowest BCUT2D eigenvalue weighted by Gasteiger charge is -2.33. The zero-order valence-electron chi connectivity index (χ0n) is 20.2. The Kier molecular flexibility index (Phi) is 7.22. The van der Waals surface area contributed by atoms with Crippen molar-refractivity contribution in [1.29, 1.82) is 5.26 Å². The first kappa shape index (κ1) is 25.1. The van der Waals surface area contributed by atoms with Crippen molar-refractivity contribution in [3.05, 3.63) is 52.9 Å². The summed E-state index contributed by atoms with van der Waals surface area (Å²) in [6, 6.07) is 7.11. The molecule has 36 heavy (non-hydrogen) atoms. The van der Waals surface area contributed by atoms with Crippen LogP contribution in [0.25, 0.3) is 16.9 Å². The van der Waals surface area contributed by atoms with Crippen LogP contribution in [0.15, 0.2) is 36.8 Å². The Morgan fingerprint density at radius 3 is 2.67 bits per heavy atom. The standard InChI is InChI=1S/C25H26ClN7O3/c1-25(2,3)36-24(35)32-8-6-19(7-9-32)30-23-28-12-17(11-27)22(31-23)18-13-29-33(14-18)21-5-4-16(15-34)10-20(21)26/h4-5,10,12-15,19H,6-9H2,1-3H3,(H,28,30,31). The molecule has 1 aliphatic rings. The van der Waals surface area contributed by atoms with Gasteiger partial charge in [-0.05, 0) is 51.8 Å². The van der Waals surface area contributed by atoms with E-state index < -0.39 is 5.60 Å². The Morgan fingerprint density at radius 1 is 1.28 bits per heavy atom. The molecule has 186 valence electrons. The van der Waals surface area contributed by atoms with Gasteiger partial charge in [-0.25, -0.2) is 19.4 Å². The molecule has 0 saturated carbocycles. The van der Waals surface area contributed by atoms with Gasteiger partial charge >= 0.3 is 6.09 Å². The van der Waals surface area contributed by atoms with Gasteiger partial charge in [-0.1, -0.05) is 11.6 Å². The number of likely N-dealkylation sites (tertiary alicyclic amines) is 1. The topological polar surface area (TPSA) is 126 Å². The number of nitrogens with one attached hydrogen (secondary N) is 1. The van der Waals surface area contributed by atoms with Crippen LogP contribution >= 0.6 is 11.6 Å². The third-order valence-electron chi connectivity index (χ3n) is 5.60. The Bertz CT molecular complexity index is 1320. The van der Waals surface area contributed by atoms with Crippen LogP contribution in [0, 0.1) is 11.3 Å². The van der Waals surface area contributed by atoms with E-state index in [1.807, 2.05) is 20.8 Å². The fourth-order valence-electron chi connectivity index (χ4n) is 3.83. The number of carbonyl (C=O) groups excluding carboxylic acids is 2. The minimum Gasteiger partial charge on any atom is -0.444 e. The first-order valence-corrected chi connectivity index (χ1v) is 11.9. The first-order valence-electron chi connectivity index (χ1n) is 11.5. The van der Waals surface area contributed by atoms with Crippen LogP contribution in [0.4, 0.5) is 10.7 Å². The second-order valence-corrected chi connectivity index (χ2v) is 9.86. The average molecular weight is 508 g/mol. The number of hydrogen-bond acceptors (Lipinski definition) is 8. The second-order valence-electron chi connectivity index (χ2n) is 9.46. The number of anilines is 1. The lowest BCUT2D eigenvalue weighted by Crippen LogP contribution is -2.44. The number of nitrogens with zero attached hydrogens (tertiary/aromatic N) is 6. The molecule has 0 bridgehead atoms. The van der Waals surface area contributed by atoms with Crippen molar-refractivity contribution >= 4 is 29.9 Å². The molecule has 4 rings (SSSR count). The van der Waals surface area contributed by atoms with Gasteiger partial charge in [0, 0.05) is 36.5 Å². The van der Waals surface area contributed by atoms with Gasteiger partial charge < -0.3 is 15.0 Å². The summed E-state index contributed by atoms with van der Waals surface area (Å²) in [5.74, 6) is 0.390. The number of halogens is 1. The molecule has 2 aromatic heterocycles.